The van der Waals surface area contributed by atoms with E-state index in [2.05, 4.69) is 53.6 Å². The van der Waals surface area contributed by atoms with Gasteiger partial charge in [0.25, 0.3) is 0 Å². The van der Waals surface area contributed by atoms with Crippen LogP contribution in [0.3, 0.4) is 0 Å². The van der Waals surface area contributed by atoms with Gasteiger partial charge in [-0.2, -0.15) is 5.10 Å². The first-order valence-electron chi connectivity index (χ1n) is 7.99. The van der Waals surface area contributed by atoms with Crippen LogP contribution in [-0.4, -0.2) is 20.8 Å². The quantitative estimate of drug-likeness (QED) is 0.690. The lowest BCUT2D eigenvalue weighted by atomic mass is 10.0. The van der Waals surface area contributed by atoms with Crippen molar-refractivity contribution in [2.45, 2.75) is 34.2 Å². The van der Waals surface area contributed by atoms with Gasteiger partial charge in [0.15, 0.2) is 0 Å². The minimum absolute atomic E-state index is 0.243. The van der Waals surface area contributed by atoms with E-state index >= 15 is 0 Å². The highest BCUT2D eigenvalue weighted by Gasteiger charge is 2.11. The predicted molar refractivity (Wildman–Crippen MR) is 96.3 cm³/mol. The Kier molecular flexibility index (Phi) is 4.05. The lowest BCUT2D eigenvalue weighted by Gasteiger charge is -2.09. The average Bonchev–Trinajstić information content (AvgIpc) is 2.97. The third-order valence-corrected chi connectivity index (χ3v) is 4.33. The molecule has 0 bridgehead atoms. The van der Waals surface area contributed by atoms with Gasteiger partial charge < -0.3 is 10.3 Å². The molecule has 0 radical (unpaired) electrons. The Morgan fingerprint density at radius 1 is 1.21 bits per heavy atom. The monoisotopic (exact) mass is 325 g/mol. The fraction of sp³-hybridized carbons (Fsp3) is 0.333. The van der Waals surface area contributed by atoms with Gasteiger partial charge in [-0.05, 0) is 44.9 Å². The molecular weight excluding hydrogens is 302 g/mol. The number of nitrogens with one attached hydrogen (secondary N) is 3. The summed E-state index contributed by atoms with van der Waals surface area (Å²) in [6.45, 7) is 8.60. The number of carbonyl (C=O) groups is 1. The Labute approximate surface area is 141 Å². The van der Waals surface area contributed by atoms with E-state index in [9.17, 15) is 4.79 Å². The minimum atomic E-state index is -0.243. The number of fused-ring (bicyclic) bond motifs is 1. The number of nitrogens with zero attached hydrogens (tertiary/aromatic N) is 2. The van der Waals surface area contributed by atoms with E-state index in [1.165, 1.54) is 16.5 Å². The Hall–Kier alpha value is -2.76. The lowest BCUT2D eigenvalue weighted by Crippen LogP contribution is -2.29. The molecule has 0 aliphatic rings. The van der Waals surface area contributed by atoms with Gasteiger partial charge in [0.1, 0.15) is 5.82 Å². The molecule has 3 N–H and O–H groups in total. The van der Waals surface area contributed by atoms with Crippen LogP contribution in [0, 0.1) is 27.7 Å². The van der Waals surface area contributed by atoms with Crippen molar-refractivity contribution < 1.29 is 4.79 Å². The fourth-order valence-electron chi connectivity index (χ4n) is 2.99. The Balaban J connectivity index is 1.77. The van der Waals surface area contributed by atoms with E-state index in [0.29, 0.717) is 12.4 Å². The van der Waals surface area contributed by atoms with E-state index in [1.807, 2.05) is 13.0 Å². The number of amides is 2. The molecule has 0 unspecified atom stereocenters. The summed E-state index contributed by atoms with van der Waals surface area (Å²) in [5, 5.41) is 11.2. The second-order valence-corrected chi connectivity index (χ2v) is 6.32. The van der Waals surface area contributed by atoms with Gasteiger partial charge in [0.2, 0.25) is 0 Å². The molecule has 0 fully saturated rings. The second kappa shape index (κ2) is 6.03. The summed E-state index contributed by atoms with van der Waals surface area (Å²) < 4.78 is 1.65. The van der Waals surface area contributed by atoms with Gasteiger partial charge in [-0.25, -0.2) is 4.79 Å². The highest BCUT2D eigenvalue weighted by Crippen LogP contribution is 2.26. The van der Waals surface area contributed by atoms with Crippen molar-refractivity contribution in [2.75, 3.05) is 5.32 Å². The molecule has 0 spiro atoms. The minimum Gasteiger partial charge on any atom is -0.358 e. The number of anilines is 1. The van der Waals surface area contributed by atoms with Gasteiger partial charge >= 0.3 is 6.03 Å². The van der Waals surface area contributed by atoms with E-state index < -0.39 is 0 Å². The highest BCUT2D eigenvalue weighted by atomic mass is 16.2. The van der Waals surface area contributed by atoms with Crippen molar-refractivity contribution in [1.29, 1.82) is 0 Å². The number of hydrogen-bond acceptors (Lipinski definition) is 2. The summed E-state index contributed by atoms with van der Waals surface area (Å²) in [5.74, 6) is 0.672. The zero-order valence-electron chi connectivity index (χ0n) is 14.7. The molecule has 0 atom stereocenters. The molecule has 1 aromatic carbocycles. The smallest absolute Gasteiger partial charge is 0.320 e. The van der Waals surface area contributed by atoms with Crippen LogP contribution in [0.15, 0.2) is 18.2 Å². The standard InChI is InChI=1S/C18H23N5O/c1-10-6-14(17-15(7-10)12(3)13(4)20-17)9-19-18(24)21-16-8-11(2)22-23(16)5/h6-8,20H,9H2,1-5H3,(H2,19,21,24). The number of hydrogen-bond donors (Lipinski definition) is 3. The molecule has 126 valence electrons. The van der Waals surface area contributed by atoms with Crippen molar-refractivity contribution >= 4 is 22.8 Å². The summed E-state index contributed by atoms with van der Waals surface area (Å²) in [5.41, 5.74) is 6.64. The van der Waals surface area contributed by atoms with E-state index in [1.54, 1.807) is 11.7 Å². The van der Waals surface area contributed by atoms with Gasteiger partial charge in [0, 0.05) is 30.7 Å². The Bertz CT molecular complexity index is 919. The average molecular weight is 325 g/mol. The number of aromatic amines is 1. The van der Waals surface area contributed by atoms with E-state index in [0.717, 1.165) is 22.5 Å². The maximum Gasteiger partial charge on any atom is 0.320 e. The van der Waals surface area contributed by atoms with Crippen LogP contribution in [0.25, 0.3) is 10.9 Å². The first-order chi connectivity index (χ1) is 11.3. The molecule has 6 nitrogen and oxygen atoms in total. The molecule has 2 aromatic heterocycles. The number of aromatic nitrogens is 3. The van der Waals surface area contributed by atoms with Crippen molar-refractivity contribution in [2.24, 2.45) is 7.05 Å². The highest BCUT2D eigenvalue weighted by molar-refractivity contribution is 5.90. The maximum absolute atomic E-state index is 12.2. The molecule has 0 saturated carbocycles. The van der Waals surface area contributed by atoms with Crippen LogP contribution in [0.1, 0.15) is 28.1 Å². The molecule has 0 saturated heterocycles. The molecule has 6 heteroatoms. The molecule has 24 heavy (non-hydrogen) atoms. The number of rotatable bonds is 3. The summed E-state index contributed by atoms with van der Waals surface area (Å²) >= 11 is 0. The van der Waals surface area contributed by atoms with Gasteiger partial charge in [-0.3, -0.25) is 10.00 Å². The van der Waals surface area contributed by atoms with Gasteiger partial charge in [-0.1, -0.05) is 11.6 Å². The topological polar surface area (TPSA) is 74.7 Å². The summed E-state index contributed by atoms with van der Waals surface area (Å²) in [4.78, 5) is 15.6. The van der Waals surface area contributed by atoms with Crippen LogP contribution >= 0.6 is 0 Å². The van der Waals surface area contributed by atoms with Crippen LogP contribution in [0.4, 0.5) is 10.6 Å². The summed E-state index contributed by atoms with van der Waals surface area (Å²) in [6, 6.07) is 5.87. The van der Waals surface area contributed by atoms with Crippen molar-refractivity contribution in [3.63, 3.8) is 0 Å². The summed E-state index contributed by atoms with van der Waals surface area (Å²) in [6.07, 6.45) is 0. The third-order valence-electron chi connectivity index (χ3n) is 4.33. The van der Waals surface area contributed by atoms with Gasteiger partial charge in [0.05, 0.1) is 11.2 Å². The second-order valence-electron chi connectivity index (χ2n) is 6.32. The van der Waals surface area contributed by atoms with Gasteiger partial charge in [-0.15, -0.1) is 0 Å². The number of carbonyl (C=O) groups excluding carboxylic acids is 1. The van der Waals surface area contributed by atoms with Crippen LogP contribution in [0.2, 0.25) is 0 Å². The van der Waals surface area contributed by atoms with E-state index in [-0.39, 0.29) is 6.03 Å². The number of benzene rings is 1. The third kappa shape index (κ3) is 2.99. The number of urea groups is 1. The molecule has 0 aliphatic heterocycles. The van der Waals surface area contributed by atoms with Crippen LogP contribution in [0.5, 0.6) is 0 Å². The van der Waals surface area contributed by atoms with Crippen molar-refractivity contribution in [3.8, 4) is 0 Å². The largest absolute Gasteiger partial charge is 0.358 e. The predicted octanol–water partition coefficient (Wildman–Crippen LogP) is 3.46. The zero-order valence-corrected chi connectivity index (χ0v) is 14.7. The van der Waals surface area contributed by atoms with Crippen molar-refractivity contribution in [1.82, 2.24) is 20.1 Å². The van der Waals surface area contributed by atoms with Crippen LogP contribution < -0.4 is 10.6 Å². The normalized spacial score (nSPS) is 11.0. The summed E-state index contributed by atoms with van der Waals surface area (Å²) in [7, 11) is 1.80. The van der Waals surface area contributed by atoms with E-state index in [4.69, 9.17) is 0 Å². The number of aryl methyl sites for hydroxylation is 5. The molecule has 3 rings (SSSR count). The zero-order chi connectivity index (χ0) is 17.4. The maximum atomic E-state index is 12.2. The number of H-pyrrole nitrogens is 1. The Morgan fingerprint density at radius 2 is 1.96 bits per heavy atom. The molecule has 3 aromatic rings. The van der Waals surface area contributed by atoms with Crippen molar-refractivity contribution in [3.05, 3.63) is 46.3 Å². The first-order valence-corrected chi connectivity index (χ1v) is 7.99. The molecular formula is C18H23N5O. The molecule has 2 amide bonds. The molecule has 2 heterocycles. The van der Waals surface area contributed by atoms with Crippen LogP contribution in [-0.2, 0) is 13.6 Å². The fourth-order valence-corrected chi connectivity index (χ4v) is 2.99. The SMILES string of the molecule is Cc1cc(CNC(=O)Nc2cc(C)nn2C)c2[nH]c(C)c(C)c2c1. The Morgan fingerprint density at radius 3 is 2.62 bits per heavy atom. The lowest BCUT2D eigenvalue weighted by molar-refractivity contribution is 0.251. The first kappa shape index (κ1) is 16.1. The molecule has 0 aliphatic carbocycles.